The largest absolute Gasteiger partial charge is 0.469 e. The van der Waals surface area contributed by atoms with Crippen LogP contribution in [0.1, 0.15) is 32.4 Å². The molecule has 5 nitrogen and oxygen atoms in total. The van der Waals surface area contributed by atoms with Crippen LogP contribution in [0.2, 0.25) is 0 Å². The number of sulfonamides is 1. The summed E-state index contributed by atoms with van der Waals surface area (Å²) >= 11 is 0. The quantitative estimate of drug-likeness (QED) is 0.749. The van der Waals surface area contributed by atoms with Crippen molar-refractivity contribution in [3.63, 3.8) is 0 Å². The SMILES string of the molecule is CCCCS(=O)(=O)NC[C@](C)(O)Cc1ccco1. The van der Waals surface area contributed by atoms with Gasteiger partial charge < -0.3 is 9.52 Å². The zero-order valence-corrected chi connectivity index (χ0v) is 11.7. The molecule has 0 aromatic carbocycles. The van der Waals surface area contributed by atoms with Crippen LogP contribution in [0.4, 0.5) is 0 Å². The van der Waals surface area contributed by atoms with Crippen molar-refractivity contribution in [3.05, 3.63) is 24.2 Å². The van der Waals surface area contributed by atoms with Crippen LogP contribution in [-0.4, -0.2) is 31.4 Å². The minimum Gasteiger partial charge on any atom is -0.469 e. The smallest absolute Gasteiger partial charge is 0.211 e. The maximum absolute atomic E-state index is 11.6. The predicted octanol–water partition coefficient (Wildman–Crippen LogP) is 1.29. The summed E-state index contributed by atoms with van der Waals surface area (Å²) in [6.45, 7) is 3.50. The third kappa shape index (κ3) is 5.66. The third-order valence-electron chi connectivity index (χ3n) is 2.57. The lowest BCUT2D eigenvalue weighted by atomic mass is 10.0. The van der Waals surface area contributed by atoms with Crippen molar-refractivity contribution in [2.45, 2.75) is 38.7 Å². The molecule has 0 radical (unpaired) electrons. The summed E-state index contributed by atoms with van der Waals surface area (Å²) < 4.78 is 30.7. The number of unbranched alkanes of at least 4 members (excludes halogenated alkanes) is 1. The van der Waals surface area contributed by atoms with Gasteiger partial charge in [0.1, 0.15) is 5.76 Å². The van der Waals surface area contributed by atoms with E-state index in [-0.39, 0.29) is 18.7 Å². The molecule has 18 heavy (non-hydrogen) atoms. The fourth-order valence-electron chi connectivity index (χ4n) is 1.52. The van der Waals surface area contributed by atoms with Gasteiger partial charge in [0, 0.05) is 13.0 Å². The fraction of sp³-hybridized carbons (Fsp3) is 0.667. The van der Waals surface area contributed by atoms with Gasteiger partial charge in [-0.3, -0.25) is 0 Å². The van der Waals surface area contributed by atoms with Gasteiger partial charge in [-0.1, -0.05) is 13.3 Å². The van der Waals surface area contributed by atoms with E-state index >= 15 is 0 Å². The predicted molar refractivity (Wildman–Crippen MR) is 69.7 cm³/mol. The van der Waals surface area contributed by atoms with Crippen molar-refractivity contribution in [2.24, 2.45) is 0 Å². The molecular formula is C12H21NO4S. The average Bonchev–Trinajstić information content (AvgIpc) is 2.76. The molecule has 0 aliphatic rings. The second-order valence-electron chi connectivity index (χ2n) is 4.75. The van der Waals surface area contributed by atoms with Gasteiger partial charge in [-0.05, 0) is 25.5 Å². The lowest BCUT2D eigenvalue weighted by molar-refractivity contribution is 0.0603. The van der Waals surface area contributed by atoms with E-state index in [9.17, 15) is 13.5 Å². The first-order chi connectivity index (χ1) is 8.35. The molecule has 1 atom stereocenters. The van der Waals surface area contributed by atoms with Gasteiger partial charge in [-0.25, -0.2) is 13.1 Å². The second-order valence-corrected chi connectivity index (χ2v) is 6.67. The fourth-order valence-corrected chi connectivity index (χ4v) is 2.87. The first kappa shape index (κ1) is 15.2. The molecule has 0 aliphatic carbocycles. The molecule has 0 unspecified atom stereocenters. The molecule has 6 heteroatoms. The Morgan fingerprint density at radius 1 is 1.50 bits per heavy atom. The second kappa shape index (κ2) is 6.36. The number of hydrogen-bond donors (Lipinski definition) is 2. The Bertz CT molecular complexity index is 437. The summed E-state index contributed by atoms with van der Waals surface area (Å²) in [5, 5.41) is 10.1. The van der Waals surface area contributed by atoms with Gasteiger partial charge in [0.2, 0.25) is 10.0 Å². The summed E-state index contributed by atoms with van der Waals surface area (Å²) in [6.07, 6.45) is 3.24. The van der Waals surface area contributed by atoms with Crippen LogP contribution in [0.3, 0.4) is 0 Å². The van der Waals surface area contributed by atoms with Crippen LogP contribution in [-0.2, 0) is 16.4 Å². The molecule has 0 saturated carbocycles. The molecule has 0 amide bonds. The van der Waals surface area contributed by atoms with E-state index in [0.717, 1.165) is 6.42 Å². The maximum atomic E-state index is 11.6. The number of rotatable bonds is 8. The monoisotopic (exact) mass is 275 g/mol. The molecule has 1 heterocycles. The van der Waals surface area contributed by atoms with E-state index in [0.29, 0.717) is 12.2 Å². The highest BCUT2D eigenvalue weighted by molar-refractivity contribution is 7.89. The highest BCUT2D eigenvalue weighted by Gasteiger charge is 2.24. The first-order valence-electron chi connectivity index (χ1n) is 6.07. The van der Waals surface area contributed by atoms with E-state index in [4.69, 9.17) is 4.42 Å². The Morgan fingerprint density at radius 2 is 2.22 bits per heavy atom. The van der Waals surface area contributed by atoms with Gasteiger partial charge >= 0.3 is 0 Å². The Morgan fingerprint density at radius 3 is 2.78 bits per heavy atom. The number of hydrogen-bond acceptors (Lipinski definition) is 4. The minimum absolute atomic E-state index is 0.0141. The van der Waals surface area contributed by atoms with Crippen molar-refractivity contribution in [1.29, 1.82) is 0 Å². The lowest BCUT2D eigenvalue weighted by Gasteiger charge is -2.22. The maximum Gasteiger partial charge on any atom is 0.211 e. The van der Waals surface area contributed by atoms with Crippen LogP contribution in [0.5, 0.6) is 0 Å². The Labute approximate surface area is 108 Å². The molecular weight excluding hydrogens is 254 g/mol. The summed E-state index contributed by atoms with van der Waals surface area (Å²) in [5.41, 5.74) is -1.16. The van der Waals surface area contributed by atoms with Crippen LogP contribution in [0.25, 0.3) is 0 Å². The highest BCUT2D eigenvalue weighted by Crippen LogP contribution is 2.13. The summed E-state index contributed by atoms with van der Waals surface area (Å²) in [4.78, 5) is 0. The van der Waals surface area contributed by atoms with Crippen molar-refractivity contribution in [1.82, 2.24) is 4.72 Å². The zero-order chi connectivity index (χ0) is 13.6. The van der Waals surface area contributed by atoms with Gasteiger partial charge in [0.15, 0.2) is 0 Å². The van der Waals surface area contributed by atoms with Crippen molar-refractivity contribution >= 4 is 10.0 Å². The molecule has 0 fully saturated rings. The first-order valence-corrected chi connectivity index (χ1v) is 7.72. The molecule has 0 bridgehead atoms. The summed E-state index contributed by atoms with van der Waals surface area (Å²) in [6, 6.07) is 3.48. The Kier molecular flexibility index (Phi) is 5.37. The van der Waals surface area contributed by atoms with Gasteiger partial charge in [-0.2, -0.15) is 0 Å². The Balaban J connectivity index is 2.46. The standard InChI is InChI=1S/C12H21NO4S/c1-3-4-8-18(15,16)13-10-12(2,14)9-11-6-5-7-17-11/h5-7,13-14H,3-4,8-10H2,1-2H3/t12-/m1/s1. The minimum atomic E-state index is -3.30. The highest BCUT2D eigenvalue weighted by atomic mass is 32.2. The van der Waals surface area contributed by atoms with E-state index < -0.39 is 15.6 Å². The molecule has 0 saturated heterocycles. The van der Waals surface area contributed by atoms with Crippen LogP contribution in [0, 0.1) is 0 Å². The normalized spacial score (nSPS) is 15.5. The molecule has 1 aromatic rings. The molecule has 0 spiro atoms. The zero-order valence-electron chi connectivity index (χ0n) is 10.8. The van der Waals surface area contributed by atoms with E-state index in [2.05, 4.69) is 4.72 Å². The van der Waals surface area contributed by atoms with E-state index in [1.807, 2.05) is 6.92 Å². The summed E-state index contributed by atoms with van der Waals surface area (Å²) in [5.74, 6) is 0.730. The van der Waals surface area contributed by atoms with Crippen LogP contribution >= 0.6 is 0 Å². The number of nitrogens with one attached hydrogen (secondary N) is 1. The molecule has 104 valence electrons. The number of furan rings is 1. The topological polar surface area (TPSA) is 79.5 Å². The lowest BCUT2D eigenvalue weighted by Crippen LogP contribution is -2.42. The average molecular weight is 275 g/mol. The number of aliphatic hydroxyl groups is 1. The molecule has 1 aromatic heterocycles. The Hall–Kier alpha value is -0.850. The molecule has 0 aliphatic heterocycles. The van der Waals surface area contributed by atoms with Gasteiger partial charge in [0.05, 0.1) is 17.6 Å². The third-order valence-corrected chi connectivity index (χ3v) is 3.98. The van der Waals surface area contributed by atoms with Gasteiger partial charge in [-0.15, -0.1) is 0 Å². The van der Waals surface area contributed by atoms with Crippen molar-refractivity contribution < 1.29 is 17.9 Å². The van der Waals surface area contributed by atoms with E-state index in [1.165, 1.54) is 6.26 Å². The summed E-state index contributed by atoms with van der Waals surface area (Å²) in [7, 11) is -3.30. The van der Waals surface area contributed by atoms with Gasteiger partial charge in [0.25, 0.3) is 0 Å². The molecule has 1 rings (SSSR count). The van der Waals surface area contributed by atoms with Crippen LogP contribution in [0.15, 0.2) is 22.8 Å². The van der Waals surface area contributed by atoms with Crippen LogP contribution < -0.4 is 4.72 Å². The van der Waals surface area contributed by atoms with Crippen molar-refractivity contribution in [2.75, 3.05) is 12.3 Å². The van der Waals surface area contributed by atoms with Crippen molar-refractivity contribution in [3.8, 4) is 0 Å². The molecule has 2 N–H and O–H groups in total. The van der Waals surface area contributed by atoms with E-state index in [1.54, 1.807) is 19.1 Å².